The van der Waals surface area contributed by atoms with Crippen molar-refractivity contribution >= 4 is 10.1 Å². The molecule has 0 bridgehead atoms. The maximum Gasteiger partial charge on any atom is 1.00 e. The van der Waals surface area contributed by atoms with Crippen molar-refractivity contribution in [3.05, 3.63) is 0 Å². The van der Waals surface area contributed by atoms with Gasteiger partial charge in [-0.1, -0.05) is 46.0 Å². The number of hydrogen-bond acceptors (Lipinski definition) is 4. The fourth-order valence-corrected chi connectivity index (χ4v) is 3.13. The molecule has 1 N–H and O–H groups in total. The molecule has 0 spiro atoms. The molecule has 0 amide bonds. The Morgan fingerprint density at radius 3 is 1.90 bits per heavy atom. The first-order chi connectivity index (χ1) is 8.91. The first-order valence-corrected chi connectivity index (χ1v) is 9.01. The molecule has 0 saturated heterocycles. The third kappa shape index (κ3) is 12.6. The fourth-order valence-electron chi connectivity index (χ4n) is 2.22. The van der Waals surface area contributed by atoms with Crippen LogP contribution in [-0.2, 0) is 10.1 Å². The zero-order valence-corrected chi connectivity index (χ0v) is 16.1. The van der Waals surface area contributed by atoms with Crippen LogP contribution in [0.5, 0.6) is 0 Å². The Kier molecular flexibility index (Phi) is 15.7. The van der Waals surface area contributed by atoms with Crippen LogP contribution in [0.15, 0.2) is 0 Å². The molecule has 0 heterocycles. The molecule has 0 aliphatic heterocycles. The van der Waals surface area contributed by atoms with Crippen LogP contribution in [0.2, 0.25) is 0 Å². The number of rotatable bonds is 12. The van der Waals surface area contributed by atoms with Gasteiger partial charge in [0.05, 0.1) is 16.2 Å². The van der Waals surface area contributed by atoms with Crippen molar-refractivity contribution in [2.75, 3.05) is 0 Å². The minimum Gasteiger partial charge on any atom is -0.748 e. The van der Waals surface area contributed by atoms with Crippen LogP contribution in [0.1, 0.15) is 78.1 Å². The number of aliphatic hydroxyl groups is 1. The smallest absolute Gasteiger partial charge is 0.748 e. The SMILES string of the molecule is CCCCCC(CCCC(O)CCCC)S(=O)(=O)[O-].[Na+]. The van der Waals surface area contributed by atoms with Gasteiger partial charge in [0.2, 0.25) is 0 Å². The van der Waals surface area contributed by atoms with E-state index in [4.69, 9.17) is 0 Å². The monoisotopic (exact) mass is 316 g/mol. The zero-order valence-electron chi connectivity index (χ0n) is 13.3. The van der Waals surface area contributed by atoms with Gasteiger partial charge in [-0.05, 0) is 32.1 Å². The van der Waals surface area contributed by atoms with Crippen LogP contribution in [-0.4, -0.2) is 29.4 Å². The van der Waals surface area contributed by atoms with Crippen LogP contribution < -0.4 is 29.6 Å². The Balaban J connectivity index is 0. The second-order valence-electron chi connectivity index (χ2n) is 5.34. The molecule has 0 radical (unpaired) electrons. The van der Waals surface area contributed by atoms with Gasteiger partial charge in [-0.2, -0.15) is 0 Å². The summed E-state index contributed by atoms with van der Waals surface area (Å²) in [6.07, 6.45) is 7.28. The van der Waals surface area contributed by atoms with Gasteiger partial charge in [0.15, 0.2) is 0 Å². The molecule has 0 rings (SSSR count). The minimum absolute atomic E-state index is 0. The summed E-state index contributed by atoms with van der Waals surface area (Å²) in [6.45, 7) is 4.12. The summed E-state index contributed by atoms with van der Waals surface area (Å²) in [4.78, 5) is 0. The molecule has 0 saturated carbocycles. The number of hydrogen-bond donors (Lipinski definition) is 1. The number of aliphatic hydroxyl groups excluding tert-OH is 1. The standard InChI is InChI=1S/C14H30O4S.Na/c1-3-5-7-11-14(19(16,17)18)12-8-10-13(15)9-6-4-2;/h13-15H,3-12H2,1-2H3,(H,16,17,18);/q;+1/p-1. The summed E-state index contributed by atoms with van der Waals surface area (Å²) < 4.78 is 33.5. The van der Waals surface area contributed by atoms with Crippen molar-refractivity contribution in [3.8, 4) is 0 Å². The van der Waals surface area contributed by atoms with Gasteiger partial charge in [0.25, 0.3) is 0 Å². The molecule has 6 heteroatoms. The molecule has 20 heavy (non-hydrogen) atoms. The van der Waals surface area contributed by atoms with Crippen molar-refractivity contribution in [1.29, 1.82) is 0 Å². The summed E-state index contributed by atoms with van der Waals surface area (Å²) in [7, 11) is -4.19. The summed E-state index contributed by atoms with van der Waals surface area (Å²) in [6, 6.07) is 0. The first-order valence-electron chi connectivity index (χ1n) is 7.54. The maximum atomic E-state index is 11.2. The molecule has 0 fully saturated rings. The predicted octanol–water partition coefficient (Wildman–Crippen LogP) is 0.206. The predicted molar refractivity (Wildman–Crippen MR) is 77.0 cm³/mol. The van der Waals surface area contributed by atoms with Crippen molar-refractivity contribution in [2.45, 2.75) is 89.4 Å². The summed E-state index contributed by atoms with van der Waals surface area (Å²) in [5, 5.41) is 8.92. The van der Waals surface area contributed by atoms with Gasteiger partial charge in [-0.15, -0.1) is 0 Å². The summed E-state index contributed by atoms with van der Waals surface area (Å²) >= 11 is 0. The van der Waals surface area contributed by atoms with E-state index in [9.17, 15) is 18.1 Å². The molecular formula is C14H29NaO4S. The fraction of sp³-hybridized carbons (Fsp3) is 1.00. The van der Waals surface area contributed by atoms with Gasteiger partial charge in [0, 0.05) is 5.25 Å². The minimum atomic E-state index is -4.19. The van der Waals surface area contributed by atoms with E-state index in [1.54, 1.807) is 0 Å². The normalized spacial score (nSPS) is 14.6. The van der Waals surface area contributed by atoms with Gasteiger partial charge in [-0.25, -0.2) is 8.42 Å². The Morgan fingerprint density at radius 1 is 0.900 bits per heavy atom. The molecule has 0 aromatic rings. The molecule has 0 aliphatic carbocycles. The maximum absolute atomic E-state index is 11.2. The third-order valence-electron chi connectivity index (χ3n) is 3.49. The largest absolute Gasteiger partial charge is 1.00 e. The van der Waals surface area contributed by atoms with E-state index >= 15 is 0 Å². The molecule has 0 aromatic heterocycles. The zero-order chi connectivity index (χ0) is 14.7. The van der Waals surface area contributed by atoms with E-state index < -0.39 is 15.4 Å². The van der Waals surface area contributed by atoms with Gasteiger partial charge in [0.1, 0.15) is 0 Å². The average Bonchev–Trinajstić information content (AvgIpc) is 2.33. The van der Waals surface area contributed by atoms with Gasteiger partial charge < -0.3 is 9.66 Å². The van der Waals surface area contributed by atoms with Crippen LogP contribution >= 0.6 is 0 Å². The van der Waals surface area contributed by atoms with Crippen molar-refractivity contribution in [2.24, 2.45) is 0 Å². The van der Waals surface area contributed by atoms with Crippen LogP contribution in [0.4, 0.5) is 0 Å². The number of unbranched alkanes of at least 4 members (excludes halogenated alkanes) is 3. The van der Waals surface area contributed by atoms with E-state index in [1.165, 1.54) is 0 Å². The van der Waals surface area contributed by atoms with E-state index in [2.05, 4.69) is 6.92 Å². The Bertz CT molecular complexity index is 306. The molecule has 0 aliphatic rings. The van der Waals surface area contributed by atoms with E-state index in [1.807, 2.05) is 6.92 Å². The Labute approximate surface area is 146 Å². The first kappa shape index (κ1) is 23.1. The van der Waals surface area contributed by atoms with Gasteiger partial charge in [-0.3, -0.25) is 0 Å². The topological polar surface area (TPSA) is 77.4 Å². The van der Waals surface area contributed by atoms with E-state index in [0.717, 1.165) is 38.5 Å². The van der Waals surface area contributed by atoms with Crippen molar-refractivity contribution in [1.82, 2.24) is 0 Å². The van der Waals surface area contributed by atoms with Crippen molar-refractivity contribution in [3.63, 3.8) is 0 Å². The average molecular weight is 316 g/mol. The Hall–Kier alpha value is 0.870. The van der Waals surface area contributed by atoms with E-state index in [0.29, 0.717) is 25.7 Å². The molecule has 0 aromatic carbocycles. The summed E-state index contributed by atoms with van der Waals surface area (Å²) in [5.74, 6) is 0. The van der Waals surface area contributed by atoms with Crippen LogP contribution in [0.25, 0.3) is 0 Å². The van der Waals surface area contributed by atoms with Crippen molar-refractivity contribution < 1.29 is 47.6 Å². The second-order valence-corrected chi connectivity index (χ2v) is 6.99. The van der Waals surface area contributed by atoms with Gasteiger partial charge >= 0.3 is 29.6 Å². The third-order valence-corrected chi connectivity index (χ3v) is 4.78. The van der Waals surface area contributed by atoms with E-state index in [-0.39, 0.29) is 35.7 Å². The molecule has 2 atom stereocenters. The second kappa shape index (κ2) is 13.5. The molecule has 4 nitrogen and oxygen atoms in total. The van der Waals surface area contributed by atoms with Crippen LogP contribution in [0.3, 0.4) is 0 Å². The molecule has 116 valence electrons. The van der Waals surface area contributed by atoms with Crippen LogP contribution in [0, 0.1) is 0 Å². The molecule has 2 unspecified atom stereocenters. The quantitative estimate of drug-likeness (QED) is 0.317. The Morgan fingerprint density at radius 2 is 1.40 bits per heavy atom. The molecular weight excluding hydrogens is 287 g/mol. The summed E-state index contributed by atoms with van der Waals surface area (Å²) in [5.41, 5.74) is 0.